The van der Waals surface area contributed by atoms with Gasteiger partial charge in [0.2, 0.25) is 5.91 Å². The highest BCUT2D eigenvalue weighted by molar-refractivity contribution is 6.01. The summed E-state index contributed by atoms with van der Waals surface area (Å²) in [7, 11) is 1.73. The number of hydrogen-bond acceptors (Lipinski definition) is 6. The van der Waals surface area contributed by atoms with Crippen LogP contribution in [-0.4, -0.2) is 47.6 Å². The number of nitrogens with zero attached hydrogens (tertiary/aromatic N) is 3. The Balaban J connectivity index is 1.41. The number of likely N-dealkylation sites (N-methyl/N-ethyl adjacent to an activating group) is 1. The largest absolute Gasteiger partial charge is 0.467 e. The molecule has 1 N–H and O–H groups in total. The monoisotopic (exact) mass is 434 g/mol. The van der Waals surface area contributed by atoms with Gasteiger partial charge < -0.3 is 14.2 Å². The van der Waals surface area contributed by atoms with Gasteiger partial charge in [0.25, 0.3) is 5.91 Å². The summed E-state index contributed by atoms with van der Waals surface area (Å²) in [4.78, 5) is 27.3. The second-order valence-electron chi connectivity index (χ2n) is 7.97. The molecule has 3 heterocycles. The van der Waals surface area contributed by atoms with E-state index in [1.54, 1.807) is 36.6 Å². The Morgan fingerprint density at radius 1 is 1.09 bits per heavy atom. The number of amides is 2. The van der Waals surface area contributed by atoms with Crippen LogP contribution in [0.2, 0.25) is 0 Å². The van der Waals surface area contributed by atoms with Crippen molar-refractivity contribution in [2.75, 3.05) is 25.5 Å². The van der Waals surface area contributed by atoms with Crippen molar-refractivity contribution in [3.05, 3.63) is 77.6 Å². The first-order valence-corrected chi connectivity index (χ1v) is 10.4. The van der Waals surface area contributed by atoms with Crippen molar-refractivity contribution in [2.45, 2.75) is 26.3 Å². The smallest absolute Gasteiger partial charge is 0.257 e. The average Bonchev–Trinajstić information content (AvgIpc) is 3.52. The van der Waals surface area contributed by atoms with E-state index in [0.29, 0.717) is 23.7 Å². The highest BCUT2D eigenvalue weighted by Gasteiger charge is 2.36. The van der Waals surface area contributed by atoms with E-state index in [0.717, 1.165) is 16.8 Å². The Morgan fingerprint density at radius 3 is 2.59 bits per heavy atom. The van der Waals surface area contributed by atoms with Gasteiger partial charge in [-0.15, -0.1) is 0 Å². The van der Waals surface area contributed by atoms with E-state index in [4.69, 9.17) is 8.83 Å². The van der Waals surface area contributed by atoms with Gasteiger partial charge in [0, 0.05) is 12.1 Å². The van der Waals surface area contributed by atoms with Gasteiger partial charge in [-0.1, -0.05) is 12.1 Å². The van der Waals surface area contributed by atoms with Crippen LogP contribution < -0.4 is 5.32 Å². The van der Waals surface area contributed by atoms with Gasteiger partial charge in [-0.2, -0.15) is 5.10 Å². The molecule has 32 heavy (non-hydrogen) atoms. The predicted octanol–water partition coefficient (Wildman–Crippen LogP) is 3.74. The van der Waals surface area contributed by atoms with E-state index in [-0.39, 0.29) is 30.9 Å². The van der Waals surface area contributed by atoms with Crippen molar-refractivity contribution >= 4 is 23.2 Å². The Hall–Kier alpha value is -3.65. The first kappa shape index (κ1) is 21.6. The fourth-order valence-electron chi connectivity index (χ4n) is 3.72. The number of carbonyl (C=O) groups excluding carboxylic acids is 2. The summed E-state index contributed by atoms with van der Waals surface area (Å²) >= 11 is 0. The zero-order valence-electron chi connectivity index (χ0n) is 18.4. The molecule has 0 radical (unpaired) electrons. The highest BCUT2D eigenvalue weighted by atomic mass is 16.3. The van der Waals surface area contributed by atoms with E-state index in [2.05, 4.69) is 10.4 Å². The maximum Gasteiger partial charge on any atom is 0.257 e. The molecule has 0 fully saturated rings. The molecule has 166 valence electrons. The number of rotatable bonds is 7. The van der Waals surface area contributed by atoms with E-state index in [9.17, 15) is 9.59 Å². The first-order chi connectivity index (χ1) is 15.4. The summed E-state index contributed by atoms with van der Waals surface area (Å²) in [6.07, 6.45) is 3.64. The number of carbonyl (C=O) groups is 2. The fraction of sp³-hybridized carbons (Fsp3) is 0.292. The SMILES string of the molecule is Cc1cccc(NC(=O)CN(C)CC(=O)N2N=C(c3ccco3)CC2c2ccco2)c1C. The number of aryl methyl sites for hydroxylation is 1. The van der Waals surface area contributed by atoms with Gasteiger partial charge in [-0.05, 0) is 62.4 Å². The van der Waals surface area contributed by atoms with Gasteiger partial charge in [0.15, 0.2) is 0 Å². The van der Waals surface area contributed by atoms with Crippen molar-refractivity contribution in [1.29, 1.82) is 0 Å². The van der Waals surface area contributed by atoms with Gasteiger partial charge in [-0.25, -0.2) is 5.01 Å². The molecule has 8 nitrogen and oxygen atoms in total. The molecule has 0 aliphatic carbocycles. The van der Waals surface area contributed by atoms with Gasteiger partial charge >= 0.3 is 0 Å². The molecule has 0 bridgehead atoms. The van der Waals surface area contributed by atoms with Crippen molar-refractivity contribution < 1.29 is 18.4 Å². The minimum Gasteiger partial charge on any atom is -0.467 e. The summed E-state index contributed by atoms with van der Waals surface area (Å²) in [5, 5.41) is 8.86. The number of benzene rings is 1. The highest BCUT2D eigenvalue weighted by Crippen LogP contribution is 2.33. The summed E-state index contributed by atoms with van der Waals surface area (Å²) < 4.78 is 11.0. The van der Waals surface area contributed by atoms with Crippen LogP contribution >= 0.6 is 0 Å². The molecular weight excluding hydrogens is 408 g/mol. The molecule has 2 amide bonds. The van der Waals surface area contributed by atoms with E-state index in [1.807, 2.05) is 44.2 Å². The maximum absolute atomic E-state index is 13.1. The molecule has 0 spiro atoms. The minimum absolute atomic E-state index is 0.0341. The zero-order valence-corrected chi connectivity index (χ0v) is 18.4. The molecule has 0 saturated heterocycles. The third kappa shape index (κ3) is 4.65. The summed E-state index contributed by atoms with van der Waals surface area (Å²) in [5.41, 5.74) is 3.59. The first-order valence-electron chi connectivity index (χ1n) is 10.4. The van der Waals surface area contributed by atoms with Crippen molar-refractivity contribution in [3.63, 3.8) is 0 Å². The van der Waals surface area contributed by atoms with Crippen LogP contribution in [0.1, 0.15) is 35.1 Å². The topological polar surface area (TPSA) is 91.3 Å². The van der Waals surface area contributed by atoms with Gasteiger partial charge in [0.05, 0.1) is 25.6 Å². The Kier molecular flexibility index (Phi) is 6.23. The number of nitrogens with one attached hydrogen (secondary N) is 1. The molecule has 0 saturated carbocycles. The van der Waals surface area contributed by atoms with E-state index >= 15 is 0 Å². The Labute approximate surface area is 186 Å². The second kappa shape index (κ2) is 9.23. The Morgan fingerprint density at radius 2 is 1.88 bits per heavy atom. The molecule has 4 rings (SSSR count). The van der Waals surface area contributed by atoms with Crippen LogP contribution in [0.25, 0.3) is 0 Å². The number of hydrazone groups is 1. The van der Waals surface area contributed by atoms with Crippen LogP contribution in [0.4, 0.5) is 5.69 Å². The number of anilines is 1. The van der Waals surface area contributed by atoms with Crippen molar-refractivity contribution in [1.82, 2.24) is 9.91 Å². The summed E-state index contributed by atoms with van der Waals surface area (Å²) in [6, 6.07) is 12.6. The molecule has 1 aliphatic rings. The zero-order chi connectivity index (χ0) is 22.7. The normalized spacial score (nSPS) is 15.8. The van der Waals surface area contributed by atoms with E-state index in [1.165, 1.54) is 5.01 Å². The lowest BCUT2D eigenvalue weighted by Crippen LogP contribution is -2.39. The summed E-state index contributed by atoms with van der Waals surface area (Å²) in [5.74, 6) is 0.866. The van der Waals surface area contributed by atoms with Crippen LogP contribution in [0.15, 0.2) is 68.9 Å². The third-order valence-electron chi connectivity index (χ3n) is 5.54. The molecule has 1 aliphatic heterocycles. The molecule has 1 atom stereocenters. The molecule has 1 unspecified atom stereocenters. The molecule has 1 aromatic carbocycles. The summed E-state index contributed by atoms with van der Waals surface area (Å²) in [6.45, 7) is 4.08. The lowest BCUT2D eigenvalue weighted by atomic mass is 10.1. The van der Waals surface area contributed by atoms with Crippen LogP contribution in [0.5, 0.6) is 0 Å². The van der Waals surface area contributed by atoms with Gasteiger partial charge in [-0.3, -0.25) is 14.5 Å². The second-order valence-corrected chi connectivity index (χ2v) is 7.97. The standard InChI is InChI=1S/C24H26N4O4/c1-16-7-4-8-18(17(16)2)25-23(29)14-27(3)15-24(30)28-20(22-10-6-12-32-22)13-19(26-28)21-9-5-11-31-21/h4-12,20H,13-15H2,1-3H3,(H,25,29). The minimum atomic E-state index is -0.352. The van der Waals surface area contributed by atoms with Crippen molar-refractivity contribution in [3.8, 4) is 0 Å². The molecule has 8 heteroatoms. The molecule has 2 aromatic heterocycles. The van der Waals surface area contributed by atoms with Crippen LogP contribution in [0.3, 0.4) is 0 Å². The number of furan rings is 2. The van der Waals surface area contributed by atoms with Crippen LogP contribution in [-0.2, 0) is 9.59 Å². The maximum atomic E-state index is 13.1. The lowest BCUT2D eigenvalue weighted by molar-refractivity contribution is -0.134. The quantitative estimate of drug-likeness (QED) is 0.612. The van der Waals surface area contributed by atoms with Gasteiger partial charge in [0.1, 0.15) is 23.3 Å². The van der Waals surface area contributed by atoms with Crippen LogP contribution in [0, 0.1) is 13.8 Å². The Bertz CT molecular complexity index is 1120. The van der Waals surface area contributed by atoms with Crippen molar-refractivity contribution in [2.24, 2.45) is 5.10 Å². The molecule has 3 aromatic rings. The fourth-order valence-corrected chi connectivity index (χ4v) is 3.72. The third-order valence-corrected chi connectivity index (χ3v) is 5.54. The average molecular weight is 434 g/mol. The lowest BCUT2D eigenvalue weighted by Gasteiger charge is -2.23. The predicted molar refractivity (Wildman–Crippen MR) is 120 cm³/mol. The number of hydrogen-bond donors (Lipinski definition) is 1. The van der Waals surface area contributed by atoms with E-state index < -0.39 is 0 Å². The molecular formula is C24H26N4O4.